The number of thiophene rings is 2. The lowest BCUT2D eigenvalue weighted by molar-refractivity contribution is -0.145. The van der Waals surface area contributed by atoms with E-state index in [1.54, 1.807) is 43.9 Å². The van der Waals surface area contributed by atoms with Gasteiger partial charge < -0.3 is 29.4 Å². The van der Waals surface area contributed by atoms with Crippen LogP contribution in [0.15, 0.2) is 85.7 Å². The number of rotatable bonds is 9. The van der Waals surface area contributed by atoms with Gasteiger partial charge in [0.15, 0.2) is 5.13 Å². The van der Waals surface area contributed by atoms with Crippen LogP contribution in [0.25, 0.3) is 0 Å². The Morgan fingerprint density at radius 1 is 0.454 bits per heavy atom. The number of carbonyl (C=O) groups excluding carboxylic acids is 3. The van der Waals surface area contributed by atoms with Gasteiger partial charge in [-0.15, -0.1) is 22.7 Å². The zero-order valence-corrected chi connectivity index (χ0v) is 56.7. The molecule has 35 heteroatoms. The molecule has 3 atom stereocenters. The van der Waals surface area contributed by atoms with Gasteiger partial charge in [0.25, 0.3) is 0 Å². The molecule has 0 spiro atoms. The Kier molecular flexibility index (Phi) is 22.3. The van der Waals surface area contributed by atoms with Crippen molar-refractivity contribution < 1.29 is 75.3 Å². The van der Waals surface area contributed by atoms with Crippen LogP contribution >= 0.6 is 34.3 Å². The molecule has 18 nitrogen and oxygen atoms in total. The molecule has 0 saturated carbocycles. The molecule has 526 valence electrons. The molecule has 3 unspecified atom stereocenters. The van der Waals surface area contributed by atoms with Crippen molar-refractivity contribution in [3.63, 3.8) is 0 Å². The SMILES string of the molecule is C=S1(=O)CCC(C(=O)N2CCN(c3cnc(C(F)(F)F)nc3)CC2c2ccc(Cl)s2)CC1.C=S1(=O)CCC(C(=O)N2CCN(c3cnc(C(F)(F)F)nc3)CC2c2ccc(F)s2)CC1.C=S1(=O)CCC(C(=O)N2CCN(c3cnc(C(F)(F)F)nc3)CC2c2cccc(F)c2)CC1. The second kappa shape index (κ2) is 29.6. The van der Waals surface area contributed by atoms with Crippen molar-refractivity contribution in [3.05, 3.63) is 134 Å². The number of carbonyl (C=O) groups is 3. The molecule has 6 aliphatic rings. The number of alkyl halides is 9. The van der Waals surface area contributed by atoms with Gasteiger partial charge >= 0.3 is 18.5 Å². The number of halogens is 12. The number of hydrogen-bond donors (Lipinski definition) is 0. The number of benzene rings is 1. The molecular weight excluding hydrogens is 1410 g/mol. The third-order valence-electron chi connectivity index (χ3n) is 17.9. The fraction of sp³-hybridized carbons (Fsp3) is 0.484. The smallest absolute Gasteiger partial charge is 0.365 e. The third-order valence-corrected chi connectivity index (χ3v) is 26.1. The number of amides is 3. The van der Waals surface area contributed by atoms with E-state index < -0.39 is 82.5 Å². The first-order valence-corrected chi connectivity index (χ1v) is 38.9. The van der Waals surface area contributed by atoms with Crippen LogP contribution in [0.2, 0.25) is 4.34 Å². The number of aromatic nitrogens is 6. The quantitative estimate of drug-likeness (QED) is 0.0978. The molecule has 12 rings (SSSR count). The molecule has 6 aliphatic heterocycles. The minimum atomic E-state index is -4.63. The standard InChI is InChI=1S/C22H24F4N4O2S.C20H22ClF3N4O2S2.C20H22F4N4O2S2/c1-33(32)9-5-15(6-10-33)20(31)30-8-7-29(14-19(30)16-3-2-4-17(23)11-16)18-12-27-21(28-13-18)22(24,25)26;2*1-32(30)8-4-13(5-9-32)18(29)28-7-6-27(12-15(28)16-2-3-17(21)31-16)14-10-25-19(26-11-14)20(22,23)24/h2-4,11-13,15,19H,1,5-10,14H2;2*2-3,10-11,13,15H,1,4-9,12H2. The number of hydrogen-bond acceptors (Lipinski definition) is 17. The first kappa shape index (κ1) is 73.0. The normalized spacial score (nSPS) is 26.7. The summed E-state index contributed by atoms with van der Waals surface area (Å²) in [6.07, 6.45) is -4.00. The number of anilines is 3. The summed E-state index contributed by atoms with van der Waals surface area (Å²) < 4.78 is 180. The maximum atomic E-state index is 14.0. The van der Waals surface area contributed by atoms with Crippen LogP contribution in [-0.2, 0) is 61.5 Å². The average Bonchev–Trinajstić information content (AvgIpc) is 1.51. The van der Waals surface area contributed by atoms with Crippen molar-refractivity contribution in [3.8, 4) is 0 Å². The predicted octanol–water partition coefficient (Wildman–Crippen LogP) is 10.1. The topological polar surface area (TPSA) is 199 Å². The van der Waals surface area contributed by atoms with Crippen LogP contribution in [0.3, 0.4) is 0 Å². The third kappa shape index (κ3) is 18.4. The lowest BCUT2D eigenvalue weighted by Crippen LogP contribution is -2.53. The van der Waals surface area contributed by atoms with Gasteiger partial charge in [-0.25, -0.2) is 34.3 Å². The summed E-state index contributed by atoms with van der Waals surface area (Å²) in [5.41, 5.74) is 1.86. The van der Waals surface area contributed by atoms with E-state index in [0.29, 0.717) is 151 Å². The molecule has 97 heavy (non-hydrogen) atoms. The number of nitrogens with zero attached hydrogens (tertiary/aromatic N) is 12. The molecule has 0 bridgehead atoms. The molecule has 11 heterocycles. The summed E-state index contributed by atoms with van der Waals surface area (Å²) in [6, 6.07) is 11.3. The summed E-state index contributed by atoms with van der Waals surface area (Å²) in [6.45, 7) is 3.12. The highest BCUT2D eigenvalue weighted by Crippen LogP contribution is 2.40. The molecule has 0 radical (unpaired) electrons. The Morgan fingerprint density at radius 3 is 1.07 bits per heavy atom. The van der Waals surface area contributed by atoms with Gasteiger partial charge in [0.05, 0.1) is 76.7 Å². The van der Waals surface area contributed by atoms with E-state index in [1.165, 1.54) is 29.5 Å². The summed E-state index contributed by atoms with van der Waals surface area (Å²) >= 11 is 8.45. The van der Waals surface area contributed by atoms with Crippen molar-refractivity contribution in [2.45, 2.75) is 75.2 Å². The molecule has 3 amide bonds. The van der Waals surface area contributed by atoms with Gasteiger partial charge in [0.1, 0.15) is 5.82 Å². The maximum absolute atomic E-state index is 14.0. The van der Waals surface area contributed by atoms with E-state index in [0.717, 1.165) is 53.4 Å². The van der Waals surface area contributed by atoms with E-state index in [2.05, 4.69) is 47.5 Å². The minimum Gasteiger partial charge on any atom is -0.365 e. The molecular formula is C62H68ClF11N12O6S5. The van der Waals surface area contributed by atoms with Gasteiger partial charge in [-0.2, -0.15) is 43.9 Å². The molecule has 5 aromatic heterocycles. The first-order chi connectivity index (χ1) is 45.6. The van der Waals surface area contributed by atoms with Crippen molar-refractivity contribution in [1.82, 2.24) is 44.6 Å². The zero-order valence-electron chi connectivity index (χ0n) is 51.9. The lowest BCUT2D eigenvalue weighted by Gasteiger charge is -2.44. The van der Waals surface area contributed by atoms with Crippen LogP contribution < -0.4 is 14.7 Å². The largest absolute Gasteiger partial charge is 0.451 e. The Hall–Kier alpha value is -6.75. The fourth-order valence-corrected chi connectivity index (χ4v) is 19.5. The molecule has 6 saturated heterocycles. The monoisotopic (exact) mass is 1480 g/mol. The second-order valence-electron chi connectivity index (χ2n) is 24.6. The van der Waals surface area contributed by atoms with E-state index in [9.17, 15) is 75.3 Å². The summed E-state index contributed by atoms with van der Waals surface area (Å²) in [5.74, 6) is 8.81. The van der Waals surface area contributed by atoms with Crippen LogP contribution in [0.5, 0.6) is 0 Å². The van der Waals surface area contributed by atoms with Gasteiger partial charge in [0, 0.05) is 121 Å². The average molecular weight is 1480 g/mol. The highest BCUT2D eigenvalue weighted by Gasteiger charge is 2.43. The summed E-state index contributed by atoms with van der Waals surface area (Å²) in [7, 11) is -6.34. The van der Waals surface area contributed by atoms with Gasteiger partial charge in [-0.05, 0) is 127 Å². The van der Waals surface area contributed by atoms with Crippen molar-refractivity contribution >= 4 is 115 Å². The molecule has 1 aromatic carbocycles. The molecule has 0 aliphatic carbocycles. The summed E-state index contributed by atoms with van der Waals surface area (Å²) in [5, 5.41) is -0.378. The van der Waals surface area contributed by atoms with E-state index >= 15 is 0 Å². The Bertz CT molecular complexity index is 3920. The van der Waals surface area contributed by atoms with E-state index in [-0.39, 0.29) is 59.7 Å². The van der Waals surface area contributed by atoms with Crippen LogP contribution in [0, 0.1) is 28.7 Å². The van der Waals surface area contributed by atoms with E-state index in [4.69, 9.17) is 11.6 Å². The Morgan fingerprint density at radius 2 is 0.773 bits per heavy atom. The molecule has 6 fully saturated rings. The molecule has 6 aromatic rings. The second-order valence-corrected chi connectivity index (χ2v) is 35.6. The first-order valence-electron chi connectivity index (χ1n) is 30.7. The highest BCUT2D eigenvalue weighted by molar-refractivity contribution is 8.00. The minimum absolute atomic E-state index is 0.0118. The Balaban J connectivity index is 0.000000158. The van der Waals surface area contributed by atoms with Crippen LogP contribution in [-0.4, -0.2) is 186 Å². The lowest BCUT2D eigenvalue weighted by atomic mass is 9.96. The maximum Gasteiger partial charge on any atom is 0.451 e. The van der Waals surface area contributed by atoms with Gasteiger partial charge in [-0.1, -0.05) is 23.7 Å². The summed E-state index contributed by atoms with van der Waals surface area (Å²) in [4.78, 5) is 72.9. The zero-order chi connectivity index (χ0) is 70.0. The van der Waals surface area contributed by atoms with Crippen LogP contribution in [0.1, 0.15) is 89.4 Å². The van der Waals surface area contributed by atoms with Crippen molar-refractivity contribution in [2.24, 2.45) is 17.8 Å². The predicted molar refractivity (Wildman–Crippen MR) is 354 cm³/mol. The Labute approximate surface area is 566 Å². The van der Waals surface area contributed by atoms with Crippen LogP contribution in [0.4, 0.5) is 65.4 Å². The van der Waals surface area contributed by atoms with E-state index in [1.807, 2.05) is 15.9 Å². The number of piperazine rings is 3. The van der Waals surface area contributed by atoms with Gasteiger partial charge in [0.2, 0.25) is 35.2 Å². The van der Waals surface area contributed by atoms with Crippen molar-refractivity contribution in [1.29, 1.82) is 0 Å². The van der Waals surface area contributed by atoms with Crippen molar-refractivity contribution in [2.75, 3.05) is 108 Å². The fourth-order valence-electron chi connectivity index (χ4n) is 12.6. The molecule has 0 N–H and O–H groups in total. The highest BCUT2D eigenvalue weighted by atomic mass is 35.5. The van der Waals surface area contributed by atoms with Gasteiger partial charge in [-0.3, -0.25) is 27.0 Å².